The molecule has 0 saturated carbocycles. The average Bonchev–Trinajstić information content (AvgIpc) is 2.73. The molecule has 1 heterocycles. The molecule has 0 amide bonds. The predicted octanol–water partition coefficient (Wildman–Crippen LogP) is 1.38. The monoisotopic (exact) mass is 275 g/mol. The highest BCUT2D eigenvalue weighted by Crippen LogP contribution is 2.11. The zero-order chi connectivity index (χ0) is 14.9. The Morgan fingerprint density at radius 3 is 2.40 bits per heavy atom. The maximum Gasteiger partial charge on any atom is 0.351 e. The van der Waals surface area contributed by atoms with Gasteiger partial charge in [-0.25, -0.2) is 14.2 Å². The van der Waals surface area contributed by atoms with E-state index < -0.39 is 12.0 Å². The van der Waals surface area contributed by atoms with Crippen molar-refractivity contribution < 1.29 is 9.53 Å². The predicted molar refractivity (Wildman–Crippen MR) is 74.0 cm³/mol. The molecular formula is C14H17N3O3. The van der Waals surface area contributed by atoms with E-state index in [1.165, 1.54) is 11.7 Å². The minimum absolute atomic E-state index is 0.357. The van der Waals surface area contributed by atoms with Crippen molar-refractivity contribution in [1.82, 2.24) is 14.3 Å². The molecule has 2 aromatic rings. The molecule has 1 atom stereocenters. The first-order valence-corrected chi connectivity index (χ1v) is 6.28. The van der Waals surface area contributed by atoms with E-state index in [0.29, 0.717) is 5.82 Å². The van der Waals surface area contributed by atoms with E-state index in [-0.39, 0.29) is 5.69 Å². The summed E-state index contributed by atoms with van der Waals surface area (Å²) in [5.74, 6) is 0.0234. The van der Waals surface area contributed by atoms with Crippen LogP contribution in [-0.2, 0) is 9.53 Å². The topological polar surface area (TPSA) is 66.1 Å². The summed E-state index contributed by atoms with van der Waals surface area (Å²) in [5.41, 5.74) is 1.47. The van der Waals surface area contributed by atoms with Gasteiger partial charge in [0.15, 0.2) is 6.04 Å². The van der Waals surface area contributed by atoms with Gasteiger partial charge in [0.25, 0.3) is 0 Å². The molecule has 106 valence electrons. The van der Waals surface area contributed by atoms with E-state index in [0.717, 1.165) is 15.9 Å². The van der Waals surface area contributed by atoms with Crippen LogP contribution in [-0.4, -0.2) is 27.4 Å². The van der Waals surface area contributed by atoms with Crippen LogP contribution in [0.15, 0.2) is 29.1 Å². The van der Waals surface area contributed by atoms with Crippen molar-refractivity contribution in [2.45, 2.75) is 26.8 Å². The number of esters is 1. The number of aromatic nitrogens is 3. The Hall–Kier alpha value is -2.37. The third kappa shape index (κ3) is 2.36. The molecule has 0 aliphatic rings. The number of ether oxygens (including phenoxy) is 1. The first kappa shape index (κ1) is 14.0. The number of rotatable bonds is 3. The van der Waals surface area contributed by atoms with Crippen LogP contribution in [0.2, 0.25) is 0 Å². The van der Waals surface area contributed by atoms with E-state index in [1.807, 2.05) is 31.2 Å². The first-order valence-electron chi connectivity index (χ1n) is 6.28. The normalized spacial score (nSPS) is 12.2. The van der Waals surface area contributed by atoms with Gasteiger partial charge in [-0.05, 0) is 32.9 Å². The average molecular weight is 275 g/mol. The van der Waals surface area contributed by atoms with Gasteiger partial charge in [-0.2, -0.15) is 9.78 Å². The molecule has 1 aromatic heterocycles. The van der Waals surface area contributed by atoms with E-state index in [4.69, 9.17) is 0 Å². The van der Waals surface area contributed by atoms with Gasteiger partial charge in [0.1, 0.15) is 5.82 Å². The molecule has 0 spiro atoms. The number of hydrogen-bond donors (Lipinski definition) is 0. The van der Waals surface area contributed by atoms with Crippen LogP contribution in [0.5, 0.6) is 0 Å². The summed E-state index contributed by atoms with van der Waals surface area (Å²) in [6, 6.07) is 6.78. The number of carbonyl (C=O) groups excluding carboxylic acids is 1. The van der Waals surface area contributed by atoms with Crippen LogP contribution in [0.1, 0.15) is 24.4 Å². The second kappa shape index (κ2) is 5.32. The number of nitrogens with zero attached hydrogens (tertiary/aromatic N) is 3. The lowest BCUT2D eigenvalue weighted by atomic mass is 10.2. The van der Waals surface area contributed by atoms with Crippen LogP contribution >= 0.6 is 0 Å². The van der Waals surface area contributed by atoms with Crippen molar-refractivity contribution in [3.8, 4) is 5.69 Å². The van der Waals surface area contributed by atoms with Gasteiger partial charge in [0, 0.05) is 0 Å². The molecule has 0 N–H and O–H groups in total. The summed E-state index contributed by atoms with van der Waals surface area (Å²) in [7, 11) is 1.29. The highest BCUT2D eigenvalue weighted by molar-refractivity contribution is 5.73. The lowest BCUT2D eigenvalue weighted by Crippen LogP contribution is -2.30. The Balaban J connectivity index is 2.52. The zero-order valence-electron chi connectivity index (χ0n) is 12.0. The summed E-state index contributed by atoms with van der Waals surface area (Å²) < 4.78 is 7.26. The third-order valence-electron chi connectivity index (χ3n) is 3.16. The summed E-state index contributed by atoms with van der Waals surface area (Å²) in [6.45, 7) is 5.28. The highest BCUT2D eigenvalue weighted by Gasteiger charge is 2.22. The lowest BCUT2D eigenvalue weighted by molar-refractivity contribution is -0.144. The molecular weight excluding hydrogens is 258 g/mol. The van der Waals surface area contributed by atoms with Gasteiger partial charge in [-0.1, -0.05) is 17.7 Å². The minimum atomic E-state index is -0.752. The number of carbonyl (C=O) groups is 1. The molecule has 6 heteroatoms. The Bertz CT molecular complexity index is 683. The van der Waals surface area contributed by atoms with Crippen LogP contribution in [0.25, 0.3) is 5.69 Å². The molecule has 0 aliphatic heterocycles. The van der Waals surface area contributed by atoms with E-state index in [9.17, 15) is 9.59 Å². The second-order valence-electron chi connectivity index (χ2n) is 4.64. The van der Waals surface area contributed by atoms with Gasteiger partial charge in [0.05, 0.1) is 12.8 Å². The first-order chi connectivity index (χ1) is 9.45. The maximum atomic E-state index is 12.4. The summed E-state index contributed by atoms with van der Waals surface area (Å²) in [5, 5.41) is 4.14. The fraction of sp³-hybridized carbons (Fsp3) is 0.357. The smallest absolute Gasteiger partial charge is 0.351 e. The maximum absolute atomic E-state index is 12.4. The summed E-state index contributed by atoms with van der Waals surface area (Å²) >= 11 is 0. The van der Waals surface area contributed by atoms with Crippen molar-refractivity contribution in [3.05, 3.63) is 46.1 Å². The molecule has 6 nitrogen and oxygen atoms in total. The van der Waals surface area contributed by atoms with Gasteiger partial charge in [0.2, 0.25) is 0 Å². The SMILES string of the molecule is COC(=O)[C@H](C)n1nc(C)n(-c2ccc(C)cc2)c1=O. The highest BCUT2D eigenvalue weighted by atomic mass is 16.5. The molecule has 0 fully saturated rings. The number of methoxy groups -OCH3 is 1. The molecule has 1 aromatic carbocycles. The Kier molecular flexibility index (Phi) is 3.74. The molecule has 0 unspecified atom stereocenters. The van der Waals surface area contributed by atoms with Gasteiger partial charge in [-0.15, -0.1) is 0 Å². The van der Waals surface area contributed by atoms with Crippen molar-refractivity contribution in [2.75, 3.05) is 7.11 Å². The zero-order valence-corrected chi connectivity index (χ0v) is 12.0. The Morgan fingerprint density at radius 1 is 1.25 bits per heavy atom. The quantitative estimate of drug-likeness (QED) is 0.794. The largest absolute Gasteiger partial charge is 0.467 e. The summed E-state index contributed by atoms with van der Waals surface area (Å²) in [6.07, 6.45) is 0. The Morgan fingerprint density at radius 2 is 1.85 bits per heavy atom. The molecule has 0 radical (unpaired) electrons. The molecule has 20 heavy (non-hydrogen) atoms. The van der Waals surface area contributed by atoms with Gasteiger partial charge >= 0.3 is 11.7 Å². The van der Waals surface area contributed by atoms with Crippen molar-refractivity contribution >= 4 is 5.97 Å². The second-order valence-corrected chi connectivity index (χ2v) is 4.64. The fourth-order valence-electron chi connectivity index (χ4n) is 2.00. The lowest BCUT2D eigenvalue weighted by Gasteiger charge is -2.07. The van der Waals surface area contributed by atoms with Crippen molar-refractivity contribution in [1.29, 1.82) is 0 Å². The summed E-state index contributed by atoms with van der Waals surface area (Å²) in [4.78, 5) is 23.9. The van der Waals surface area contributed by atoms with Crippen LogP contribution in [0.4, 0.5) is 0 Å². The van der Waals surface area contributed by atoms with Gasteiger partial charge < -0.3 is 4.74 Å². The van der Waals surface area contributed by atoms with Crippen LogP contribution < -0.4 is 5.69 Å². The van der Waals surface area contributed by atoms with Crippen molar-refractivity contribution in [2.24, 2.45) is 0 Å². The number of benzene rings is 1. The molecule has 0 aliphatic carbocycles. The molecule has 0 bridgehead atoms. The van der Waals surface area contributed by atoms with Crippen LogP contribution in [0, 0.1) is 13.8 Å². The number of hydrogen-bond acceptors (Lipinski definition) is 4. The molecule has 2 rings (SSSR count). The third-order valence-corrected chi connectivity index (χ3v) is 3.16. The fourth-order valence-corrected chi connectivity index (χ4v) is 2.00. The number of aryl methyl sites for hydroxylation is 2. The molecule has 0 saturated heterocycles. The van der Waals surface area contributed by atoms with Crippen LogP contribution in [0.3, 0.4) is 0 Å². The van der Waals surface area contributed by atoms with E-state index >= 15 is 0 Å². The van der Waals surface area contributed by atoms with E-state index in [2.05, 4.69) is 9.84 Å². The standard InChI is InChI=1S/C14H17N3O3/c1-9-5-7-12(8-6-9)16-11(3)15-17(14(16)19)10(2)13(18)20-4/h5-8,10H,1-4H3/t10-/m0/s1. The Labute approximate surface area is 116 Å². The van der Waals surface area contributed by atoms with Crippen molar-refractivity contribution in [3.63, 3.8) is 0 Å². The van der Waals surface area contributed by atoms with E-state index in [1.54, 1.807) is 13.8 Å². The minimum Gasteiger partial charge on any atom is -0.467 e. The van der Waals surface area contributed by atoms with Gasteiger partial charge in [-0.3, -0.25) is 0 Å².